The van der Waals surface area contributed by atoms with Crippen molar-refractivity contribution in [3.05, 3.63) is 23.2 Å². The van der Waals surface area contributed by atoms with Crippen molar-refractivity contribution in [2.45, 2.75) is 37.5 Å². The SMILES string of the molecule is CCCCCCOc1ccc(S(=O)(=O)Cl)cc1Cl. The molecule has 102 valence electrons. The molecule has 0 aliphatic heterocycles. The lowest BCUT2D eigenvalue weighted by Gasteiger charge is -2.08. The number of benzene rings is 1. The first-order valence-corrected chi connectivity index (χ1v) is 8.51. The smallest absolute Gasteiger partial charge is 0.261 e. The van der Waals surface area contributed by atoms with Gasteiger partial charge in [-0.3, -0.25) is 0 Å². The molecule has 0 bridgehead atoms. The molecule has 0 fully saturated rings. The predicted octanol–water partition coefficient (Wildman–Crippen LogP) is 4.23. The van der Waals surface area contributed by atoms with Crippen LogP contribution in [-0.4, -0.2) is 15.0 Å². The molecule has 3 nitrogen and oxygen atoms in total. The van der Waals surface area contributed by atoms with Gasteiger partial charge in [-0.1, -0.05) is 37.8 Å². The number of hydrogen-bond acceptors (Lipinski definition) is 3. The molecule has 1 aromatic carbocycles. The molecule has 0 aliphatic carbocycles. The maximum Gasteiger partial charge on any atom is 0.261 e. The quantitative estimate of drug-likeness (QED) is 0.559. The van der Waals surface area contributed by atoms with Crippen LogP contribution in [0, 0.1) is 0 Å². The Morgan fingerprint density at radius 1 is 1.22 bits per heavy atom. The van der Waals surface area contributed by atoms with E-state index in [1.54, 1.807) is 0 Å². The highest BCUT2D eigenvalue weighted by Gasteiger charge is 2.12. The zero-order valence-corrected chi connectivity index (χ0v) is 12.5. The van der Waals surface area contributed by atoms with Crippen molar-refractivity contribution < 1.29 is 13.2 Å². The fraction of sp³-hybridized carbons (Fsp3) is 0.500. The molecule has 0 unspecified atom stereocenters. The van der Waals surface area contributed by atoms with E-state index in [-0.39, 0.29) is 9.92 Å². The number of ether oxygens (including phenoxy) is 1. The van der Waals surface area contributed by atoms with Gasteiger partial charge >= 0.3 is 0 Å². The number of rotatable bonds is 7. The first-order chi connectivity index (χ1) is 8.45. The minimum atomic E-state index is -3.74. The Morgan fingerprint density at radius 3 is 2.50 bits per heavy atom. The zero-order valence-electron chi connectivity index (χ0n) is 10.2. The Labute approximate surface area is 117 Å². The van der Waals surface area contributed by atoms with Crippen molar-refractivity contribution in [2.24, 2.45) is 0 Å². The van der Waals surface area contributed by atoms with Gasteiger partial charge in [-0.2, -0.15) is 0 Å². The lowest BCUT2D eigenvalue weighted by molar-refractivity contribution is 0.305. The third-order valence-electron chi connectivity index (χ3n) is 2.44. The number of halogens is 2. The van der Waals surface area contributed by atoms with Gasteiger partial charge < -0.3 is 4.74 Å². The van der Waals surface area contributed by atoms with Gasteiger partial charge in [0.15, 0.2) is 0 Å². The van der Waals surface area contributed by atoms with Gasteiger partial charge in [0, 0.05) is 10.7 Å². The Kier molecular flexibility index (Phi) is 6.26. The fourth-order valence-electron chi connectivity index (χ4n) is 1.46. The van der Waals surface area contributed by atoms with Crippen LogP contribution in [0.3, 0.4) is 0 Å². The van der Waals surface area contributed by atoms with Crippen molar-refractivity contribution in [3.63, 3.8) is 0 Å². The molecule has 18 heavy (non-hydrogen) atoms. The molecular weight excluding hydrogens is 295 g/mol. The van der Waals surface area contributed by atoms with Crippen molar-refractivity contribution in [2.75, 3.05) is 6.61 Å². The highest BCUT2D eigenvalue weighted by molar-refractivity contribution is 8.13. The van der Waals surface area contributed by atoms with Crippen LogP contribution < -0.4 is 4.74 Å². The predicted molar refractivity (Wildman–Crippen MR) is 74.1 cm³/mol. The second kappa shape index (κ2) is 7.22. The summed E-state index contributed by atoms with van der Waals surface area (Å²) >= 11 is 5.93. The van der Waals surface area contributed by atoms with Crippen LogP contribution in [0.4, 0.5) is 0 Å². The largest absolute Gasteiger partial charge is 0.492 e. The molecule has 0 amide bonds. The summed E-state index contributed by atoms with van der Waals surface area (Å²) in [7, 11) is 1.47. The molecule has 1 rings (SSSR count). The molecule has 0 N–H and O–H groups in total. The fourth-order valence-corrected chi connectivity index (χ4v) is 2.54. The average molecular weight is 311 g/mol. The van der Waals surface area contributed by atoms with Gasteiger partial charge in [0.2, 0.25) is 0 Å². The van der Waals surface area contributed by atoms with Crippen LogP contribution >= 0.6 is 22.3 Å². The van der Waals surface area contributed by atoms with Crippen LogP contribution in [0.25, 0.3) is 0 Å². The summed E-state index contributed by atoms with van der Waals surface area (Å²) in [5.74, 6) is 0.484. The van der Waals surface area contributed by atoms with Gasteiger partial charge in [0.25, 0.3) is 9.05 Å². The minimum Gasteiger partial charge on any atom is -0.492 e. The van der Waals surface area contributed by atoms with E-state index in [0.29, 0.717) is 12.4 Å². The van der Waals surface area contributed by atoms with Crippen molar-refractivity contribution in [1.29, 1.82) is 0 Å². The number of hydrogen-bond donors (Lipinski definition) is 0. The van der Waals surface area contributed by atoms with Gasteiger partial charge in [0.1, 0.15) is 5.75 Å². The third-order valence-corrected chi connectivity index (χ3v) is 4.09. The highest BCUT2D eigenvalue weighted by atomic mass is 35.7. The van der Waals surface area contributed by atoms with Gasteiger partial charge in [-0.15, -0.1) is 0 Å². The lowest BCUT2D eigenvalue weighted by Crippen LogP contribution is -1.99. The van der Waals surface area contributed by atoms with E-state index in [1.165, 1.54) is 31.0 Å². The molecule has 0 heterocycles. The van der Waals surface area contributed by atoms with E-state index in [1.807, 2.05) is 0 Å². The van der Waals surface area contributed by atoms with Crippen molar-refractivity contribution in [3.8, 4) is 5.75 Å². The molecule has 0 atom stereocenters. The van der Waals surface area contributed by atoms with Crippen LogP contribution in [0.15, 0.2) is 23.1 Å². The molecule has 0 spiro atoms. The van der Waals surface area contributed by atoms with E-state index in [2.05, 4.69) is 6.92 Å². The Hall–Kier alpha value is -0.450. The standard InChI is InChI=1S/C12H16Cl2O3S/c1-2-3-4-5-8-17-12-7-6-10(9-11(12)13)18(14,15)16/h6-7,9H,2-5,8H2,1H3. The first kappa shape index (κ1) is 15.6. The van der Waals surface area contributed by atoms with Gasteiger partial charge in [-0.05, 0) is 24.6 Å². The molecule has 0 saturated carbocycles. The molecule has 6 heteroatoms. The lowest BCUT2D eigenvalue weighted by atomic mass is 10.2. The summed E-state index contributed by atoms with van der Waals surface area (Å²) in [6, 6.07) is 4.21. The summed E-state index contributed by atoms with van der Waals surface area (Å²) in [6.07, 6.45) is 4.42. The molecule has 0 radical (unpaired) electrons. The number of unbranched alkanes of at least 4 members (excludes halogenated alkanes) is 3. The van der Waals surface area contributed by atoms with Gasteiger partial charge in [-0.25, -0.2) is 8.42 Å². The Balaban J connectivity index is 2.58. The molecule has 0 aromatic heterocycles. The summed E-state index contributed by atoms with van der Waals surface area (Å²) in [5.41, 5.74) is 0. The van der Waals surface area contributed by atoms with E-state index < -0.39 is 9.05 Å². The molecule has 0 saturated heterocycles. The van der Waals surface area contributed by atoms with Gasteiger partial charge in [0.05, 0.1) is 16.5 Å². The van der Waals surface area contributed by atoms with Crippen molar-refractivity contribution >= 4 is 31.3 Å². The zero-order chi connectivity index (χ0) is 13.6. The monoisotopic (exact) mass is 310 g/mol. The second-order valence-corrected chi connectivity index (χ2v) is 6.91. The normalized spacial score (nSPS) is 11.5. The Bertz CT molecular complexity index is 486. The van der Waals surface area contributed by atoms with E-state index in [9.17, 15) is 8.42 Å². The first-order valence-electron chi connectivity index (χ1n) is 5.82. The molecule has 1 aromatic rings. The third kappa shape index (κ3) is 5.04. The summed E-state index contributed by atoms with van der Waals surface area (Å²) in [5, 5.41) is 0.257. The average Bonchev–Trinajstić information content (AvgIpc) is 2.29. The minimum absolute atomic E-state index is 0.0208. The summed E-state index contributed by atoms with van der Waals surface area (Å²) in [6.45, 7) is 2.72. The summed E-state index contributed by atoms with van der Waals surface area (Å²) in [4.78, 5) is -0.0208. The topological polar surface area (TPSA) is 43.4 Å². The van der Waals surface area contributed by atoms with E-state index >= 15 is 0 Å². The second-order valence-electron chi connectivity index (χ2n) is 3.94. The Morgan fingerprint density at radius 2 is 1.94 bits per heavy atom. The van der Waals surface area contributed by atoms with E-state index in [0.717, 1.165) is 12.8 Å². The highest BCUT2D eigenvalue weighted by Crippen LogP contribution is 2.28. The van der Waals surface area contributed by atoms with Crippen LogP contribution in [0.5, 0.6) is 5.75 Å². The maximum absolute atomic E-state index is 11.1. The maximum atomic E-state index is 11.1. The van der Waals surface area contributed by atoms with Crippen LogP contribution in [0.2, 0.25) is 5.02 Å². The van der Waals surface area contributed by atoms with Crippen molar-refractivity contribution in [1.82, 2.24) is 0 Å². The van der Waals surface area contributed by atoms with E-state index in [4.69, 9.17) is 27.0 Å². The molecular formula is C12H16Cl2O3S. The summed E-state index contributed by atoms with van der Waals surface area (Å²) < 4.78 is 27.7. The van der Waals surface area contributed by atoms with Crippen LogP contribution in [0.1, 0.15) is 32.6 Å². The van der Waals surface area contributed by atoms with Crippen LogP contribution in [-0.2, 0) is 9.05 Å². The molecule has 0 aliphatic rings.